The molecule has 76 valence electrons. The van der Waals surface area contributed by atoms with Gasteiger partial charge in [0.1, 0.15) is 0 Å². The minimum absolute atomic E-state index is 0.0773. The van der Waals surface area contributed by atoms with E-state index in [9.17, 15) is 18.0 Å². The zero-order valence-electron chi connectivity index (χ0n) is 6.73. The highest BCUT2D eigenvalue weighted by atomic mass is 79.9. The van der Waals surface area contributed by atoms with E-state index in [1.165, 1.54) is 0 Å². The molecule has 0 fully saturated rings. The lowest BCUT2D eigenvalue weighted by Gasteiger charge is -2.11. The minimum Gasteiger partial charge on any atom is -0.398 e. The number of benzene rings is 1. The number of rotatable bonds is 1. The van der Waals surface area contributed by atoms with E-state index in [1.807, 2.05) is 0 Å². The third kappa shape index (κ3) is 2.06. The van der Waals surface area contributed by atoms with E-state index in [4.69, 9.17) is 5.73 Å². The Morgan fingerprint density at radius 2 is 1.93 bits per heavy atom. The zero-order chi connectivity index (χ0) is 10.9. The fourth-order valence-electron chi connectivity index (χ4n) is 0.941. The summed E-state index contributed by atoms with van der Waals surface area (Å²) in [6, 6.07) is 1.78. The Hall–Kier alpha value is -1.04. The summed E-state index contributed by atoms with van der Waals surface area (Å²) in [5.41, 5.74) is 3.68. The molecule has 0 amide bonds. The Morgan fingerprint density at radius 3 is 2.36 bits per heavy atom. The van der Waals surface area contributed by atoms with Crippen molar-refractivity contribution in [3.63, 3.8) is 0 Å². The molecule has 0 aliphatic carbocycles. The number of nitrogens with two attached hydrogens (primary N) is 1. The second kappa shape index (κ2) is 3.61. The lowest BCUT2D eigenvalue weighted by molar-refractivity contribution is -0.136. The molecule has 0 saturated heterocycles. The average molecular weight is 268 g/mol. The highest BCUT2D eigenvalue weighted by molar-refractivity contribution is 9.10. The number of hydrogen-bond acceptors (Lipinski definition) is 2. The monoisotopic (exact) mass is 267 g/mol. The van der Waals surface area contributed by atoms with Crippen LogP contribution < -0.4 is 5.73 Å². The number of halogens is 4. The largest absolute Gasteiger partial charge is 0.418 e. The maximum Gasteiger partial charge on any atom is 0.418 e. The van der Waals surface area contributed by atoms with Crippen molar-refractivity contribution < 1.29 is 18.0 Å². The van der Waals surface area contributed by atoms with Crippen LogP contribution >= 0.6 is 15.9 Å². The molecule has 0 unspecified atom stereocenters. The van der Waals surface area contributed by atoms with Crippen molar-refractivity contribution in [1.82, 2.24) is 0 Å². The van der Waals surface area contributed by atoms with Gasteiger partial charge in [-0.25, -0.2) is 0 Å². The van der Waals surface area contributed by atoms with Gasteiger partial charge in [0, 0.05) is 15.7 Å². The van der Waals surface area contributed by atoms with Gasteiger partial charge >= 0.3 is 6.18 Å². The highest BCUT2D eigenvalue weighted by Gasteiger charge is 2.33. The Morgan fingerprint density at radius 1 is 1.36 bits per heavy atom. The molecule has 0 spiro atoms. The predicted molar refractivity (Wildman–Crippen MR) is 48.9 cm³/mol. The zero-order valence-corrected chi connectivity index (χ0v) is 8.32. The summed E-state index contributed by atoms with van der Waals surface area (Å²) in [5, 5.41) is 0. The van der Waals surface area contributed by atoms with Crippen LogP contribution in [0.2, 0.25) is 0 Å². The summed E-state index contributed by atoms with van der Waals surface area (Å²) in [4.78, 5) is 10.4. The number of nitrogen functional groups attached to an aromatic ring is 1. The van der Waals surface area contributed by atoms with Gasteiger partial charge in [-0.1, -0.05) is 0 Å². The van der Waals surface area contributed by atoms with Crippen LogP contribution in [0.1, 0.15) is 15.9 Å². The van der Waals surface area contributed by atoms with E-state index in [2.05, 4.69) is 15.9 Å². The van der Waals surface area contributed by atoms with E-state index < -0.39 is 17.4 Å². The molecule has 0 radical (unpaired) electrons. The maximum absolute atomic E-state index is 12.3. The molecule has 0 saturated carbocycles. The quantitative estimate of drug-likeness (QED) is 0.628. The van der Waals surface area contributed by atoms with Crippen LogP contribution in [-0.4, -0.2) is 6.29 Å². The van der Waals surface area contributed by atoms with Gasteiger partial charge in [0.2, 0.25) is 0 Å². The van der Waals surface area contributed by atoms with Gasteiger partial charge in [0.05, 0.1) is 5.56 Å². The molecule has 0 atom stereocenters. The van der Waals surface area contributed by atoms with Gasteiger partial charge in [0.25, 0.3) is 0 Å². The Kier molecular flexibility index (Phi) is 2.84. The van der Waals surface area contributed by atoms with Crippen molar-refractivity contribution in [2.45, 2.75) is 6.18 Å². The number of hydrogen-bond donors (Lipinski definition) is 1. The third-order valence-corrected chi connectivity index (χ3v) is 2.29. The number of carbonyl (C=O) groups is 1. The molecular formula is C8H5BrF3NO. The van der Waals surface area contributed by atoms with Crippen molar-refractivity contribution >= 4 is 27.9 Å². The van der Waals surface area contributed by atoms with Crippen LogP contribution in [0.4, 0.5) is 18.9 Å². The number of aldehydes is 1. The van der Waals surface area contributed by atoms with Crippen molar-refractivity contribution in [2.75, 3.05) is 5.73 Å². The van der Waals surface area contributed by atoms with E-state index in [0.717, 1.165) is 6.07 Å². The van der Waals surface area contributed by atoms with E-state index in [0.29, 0.717) is 12.4 Å². The van der Waals surface area contributed by atoms with Crippen molar-refractivity contribution in [3.05, 3.63) is 27.7 Å². The molecule has 0 aliphatic rings. The van der Waals surface area contributed by atoms with Crippen LogP contribution in [-0.2, 0) is 6.18 Å². The molecule has 1 aromatic rings. The summed E-state index contributed by atoms with van der Waals surface area (Å²) >= 11 is 2.93. The highest BCUT2D eigenvalue weighted by Crippen LogP contribution is 2.35. The number of carbonyl (C=O) groups excluding carboxylic acids is 1. The molecule has 6 heteroatoms. The number of alkyl halides is 3. The first kappa shape index (κ1) is 11.0. The second-order valence-corrected chi connectivity index (χ2v) is 3.43. The molecule has 0 heterocycles. The molecule has 0 bridgehead atoms. The predicted octanol–water partition coefficient (Wildman–Crippen LogP) is 2.86. The smallest absolute Gasteiger partial charge is 0.398 e. The standard InChI is InChI=1S/C8H5BrF3NO/c9-6-2-7(13)5(8(10,11)12)1-4(6)3-14/h1-3H,13H2. The summed E-state index contributed by atoms with van der Waals surface area (Å²) in [6.07, 6.45) is -4.21. The molecule has 2 N–H and O–H groups in total. The van der Waals surface area contributed by atoms with Gasteiger partial charge in [-0.3, -0.25) is 4.79 Å². The Bertz CT molecular complexity index is 376. The van der Waals surface area contributed by atoms with Gasteiger partial charge in [-0.2, -0.15) is 13.2 Å². The van der Waals surface area contributed by atoms with Crippen LogP contribution in [0.3, 0.4) is 0 Å². The fourth-order valence-corrected chi connectivity index (χ4v) is 1.40. The van der Waals surface area contributed by atoms with E-state index >= 15 is 0 Å². The molecule has 1 aromatic carbocycles. The normalized spacial score (nSPS) is 11.4. The first-order chi connectivity index (χ1) is 6.36. The first-order valence-corrected chi connectivity index (χ1v) is 4.27. The molecular weight excluding hydrogens is 263 g/mol. The van der Waals surface area contributed by atoms with E-state index in [-0.39, 0.29) is 10.0 Å². The SMILES string of the molecule is Nc1cc(Br)c(C=O)cc1C(F)(F)F. The molecule has 2 nitrogen and oxygen atoms in total. The summed E-state index contributed by atoms with van der Waals surface area (Å²) < 4.78 is 37.1. The van der Waals surface area contributed by atoms with Gasteiger partial charge in [-0.05, 0) is 28.1 Å². The molecule has 1 rings (SSSR count). The van der Waals surface area contributed by atoms with Crippen molar-refractivity contribution in [3.8, 4) is 0 Å². The minimum atomic E-state index is -4.54. The topological polar surface area (TPSA) is 43.1 Å². The molecule has 0 aromatic heterocycles. The van der Waals surface area contributed by atoms with Gasteiger partial charge in [0.15, 0.2) is 6.29 Å². The third-order valence-electron chi connectivity index (χ3n) is 1.60. The Balaban J connectivity index is 3.39. The number of anilines is 1. The van der Waals surface area contributed by atoms with Gasteiger partial charge in [-0.15, -0.1) is 0 Å². The first-order valence-electron chi connectivity index (χ1n) is 3.47. The van der Waals surface area contributed by atoms with Crippen LogP contribution in [0.25, 0.3) is 0 Å². The van der Waals surface area contributed by atoms with E-state index in [1.54, 1.807) is 0 Å². The molecule has 0 aliphatic heterocycles. The van der Waals surface area contributed by atoms with Crippen molar-refractivity contribution in [1.29, 1.82) is 0 Å². The average Bonchev–Trinajstić information content (AvgIpc) is 2.02. The summed E-state index contributed by atoms with van der Waals surface area (Å²) in [5.74, 6) is 0. The molecule has 14 heavy (non-hydrogen) atoms. The summed E-state index contributed by atoms with van der Waals surface area (Å²) in [6.45, 7) is 0. The lowest BCUT2D eigenvalue weighted by Crippen LogP contribution is -2.09. The Labute approximate surface area is 86.0 Å². The van der Waals surface area contributed by atoms with Gasteiger partial charge < -0.3 is 5.73 Å². The van der Waals surface area contributed by atoms with Crippen LogP contribution in [0.15, 0.2) is 16.6 Å². The van der Waals surface area contributed by atoms with Crippen LogP contribution in [0.5, 0.6) is 0 Å². The summed E-state index contributed by atoms with van der Waals surface area (Å²) in [7, 11) is 0. The maximum atomic E-state index is 12.3. The fraction of sp³-hybridized carbons (Fsp3) is 0.125. The van der Waals surface area contributed by atoms with Crippen molar-refractivity contribution in [2.24, 2.45) is 0 Å². The second-order valence-electron chi connectivity index (χ2n) is 2.58. The van der Waals surface area contributed by atoms with Crippen LogP contribution in [0, 0.1) is 0 Å². The lowest BCUT2D eigenvalue weighted by atomic mass is 10.1.